The maximum Gasteiger partial charge on any atom is 0.310 e. The molecule has 1 aliphatic rings. The average Bonchev–Trinajstić information content (AvgIpc) is 2.39. The van der Waals surface area contributed by atoms with Crippen LogP contribution in [0.25, 0.3) is 0 Å². The van der Waals surface area contributed by atoms with Crippen LogP contribution in [0, 0.1) is 16.7 Å². The molecule has 0 bridgehead atoms. The normalized spacial score (nSPS) is 32.6. The highest BCUT2D eigenvalue weighted by molar-refractivity contribution is 5.80. The molecule has 92 valence electrons. The van der Waals surface area contributed by atoms with Crippen LogP contribution in [-0.4, -0.2) is 22.2 Å². The number of carboxylic acid groups (broad SMARTS) is 2. The summed E-state index contributed by atoms with van der Waals surface area (Å²) in [6, 6.07) is 0. The van der Waals surface area contributed by atoms with Crippen LogP contribution in [-0.2, 0) is 9.59 Å². The van der Waals surface area contributed by atoms with Crippen molar-refractivity contribution in [3.8, 4) is 0 Å². The quantitative estimate of drug-likeness (QED) is 0.774. The Balaban J connectivity index is 3.14. The summed E-state index contributed by atoms with van der Waals surface area (Å²) in [5, 5.41) is 18.6. The fraction of sp³-hybridized carbons (Fsp3) is 0.833. The molecule has 1 fully saturated rings. The van der Waals surface area contributed by atoms with Crippen molar-refractivity contribution in [1.29, 1.82) is 0 Å². The van der Waals surface area contributed by atoms with Gasteiger partial charge < -0.3 is 10.2 Å². The lowest BCUT2D eigenvalue weighted by Gasteiger charge is -2.39. The Morgan fingerprint density at radius 3 is 2.19 bits per heavy atom. The molecular weight excluding hydrogens is 208 g/mol. The maximum absolute atomic E-state index is 11.5. The van der Waals surface area contributed by atoms with E-state index in [0.29, 0.717) is 19.3 Å². The van der Waals surface area contributed by atoms with Gasteiger partial charge in [0.1, 0.15) is 0 Å². The first kappa shape index (κ1) is 13.0. The number of carbonyl (C=O) groups is 2. The summed E-state index contributed by atoms with van der Waals surface area (Å²) in [5.74, 6) is -2.26. The number of hydrogen-bond donors (Lipinski definition) is 2. The molecule has 0 amide bonds. The van der Waals surface area contributed by atoms with Gasteiger partial charge in [0.15, 0.2) is 0 Å². The minimum absolute atomic E-state index is 0.467. The first-order valence-electron chi connectivity index (χ1n) is 5.76. The first-order valence-corrected chi connectivity index (χ1v) is 5.76. The summed E-state index contributed by atoms with van der Waals surface area (Å²) >= 11 is 0. The molecule has 2 unspecified atom stereocenters. The van der Waals surface area contributed by atoms with Crippen molar-refractivity contribution in [3.05, 3.63) is 0 Å². The second-order valence-corrected chi connectivity index (χ2v) is 5.29. The van der Waals surface area contributed by atoms with Crippen LogP contribution in [0.4, 0.5) is 0 Å². The minimum atomic E-state index is -0.871. The molecule has 0 aromatic carbocycles. The predicted octanol–water partition coefficient (Wildman–Crippen LogP) is 2.38. The van der Waals surface area contributed by atoms with Crippen molar-refractivity contribution in [3.63, 3.8) is 0 Å². The summed E-state index contributed by atoms with van der Waals surface area (Å²) in [7, 11) is 0. The number of carboxylic acids is 2. The zero-order valence-electron chi connectivity index (χ0n) is 10.1. The number of rotatable bonds is 4. The molecule has 0 aliphatic heterocycles. The molecule has 4 nitrogen and oxygen atoms in total. The van der Waals surface area contributed by atoms with Crippen molar-refractivity contribution in [2.45, 2.75) is 46.5 Å². The van der Waals surface area contributed by atoms with Crippen molar-refractivity contribution in [2.75, 3.05) is 0 Å². The fourth-order valence-electron chi connectivity index (χ4n) is 3.20. The van der Waals surface area contributed by atoms with Crippen LogP contribution in [0.2, 0.25) is 0 Å². The molecule has 4 heteroatoms. The Morgan fingerprint density at radius 1 is 1.31 bits per heavy atom. The van der Waals surface area contributed by atoms with Gasteiger partial charge in [0.2, 0.25) is 0 Å². The lowest BCUT2D eigenvalue weighted by Crippen LogP contribution is -2.44. The predicted molar refractivity (Wildman–Crippen MR) is 59.1 cm³/mol. The smallest absolute Gasteiger partial charge is 0.310 e. The summed E-state index contributed by atoms with van der Waals surface area (Å²) in [6.07, 6.45) is 2.26. The van der Waals surface area contributed by atoms with E-state index in [1.165, 1.54) is 0 Å². The van der Waals surface area contributed by atoms with Crippen LogP contribution >= 0.6 is 0 Å². The minimum Gasteiger partial charge on any atom is -0.481 e. The van der Waals surface area contributed by atoms with E-state index >= 15 is 0 Å². The zero-order chi connectivity index (χ0) is 12.6. The first-order chi connectivity index (χ1) is 7.29. The van der Waals surface area contributed by atoms with Crippen molar-refractivity contribution in [2.24, 2.45) is 16.7 Å². The number of aliphatic carboxylic acids is 2. The monoisotopic (exact) mass is 228 g/mol. The molecular formula is C12H20O4. The van der Waals surface area contributed by atoms with Crippen LogP contribution in [0.5, 0.6) is 0 Å². The van der Waals surface area contributed by atoms with Crippen LogP contribution in [0.3, 0.4) is 0 Å². The van der Waals surface area contributed by atoms with Crippen molar-refractivity contribution >= 4 is 11.9 Å². The average molecular weight is 228 g/mol. The Kier molecular flexibility index (Phi) is 3.31. The van der Waals surface area contributed by atoms with Gasteiger partial charge in [-0.25, -0.2) is 0 Å². The summed E-state index contributed by atoms with van der Waals surface area (Å²) in [4.78, 5) is 22.6. The maximum atomic E-state index is 11.5. The Hall–Kier alpha value is -1.06. The molecule has 2 atom stereocenters. The second-order valence-electron chi connectivity index (χ2n) is 5.29. The van der Waals surface area contributed by atoms with Crippen LogP contribution in [0.15, 0.2) is 0 Å². The van der Waals surface area contributed by atoms with E-state index in [9.17, 15) is 14.7 Å². The Bertz CT molecular complexity index is 308. The zero-order valence-corrected chi connectivity index (χ0v) is 10.1. The van der Waals surface area contributed by atoms with E-state index in [0.717, 1.165) is 6.42 Å². The van der Waals surface area contributed by atoms with Gasteiger partial charge in [0.05, 0.1) is 11.3 Å². The molecule has 0 saturated heterocycles. The summed E-state index contributed by atoms with van der Waals surface area (Å²) in [6.45, 7) is 5.50. The highest BCUT2D eigenvalue weighted by Crippen LogP contribution is 2.58. The highest BCUT2D eigenvalue weighted by Gasteiger charge is 2.60. The standard InChI is InChI=1S/C12H20O4/c1-4-6-12(10(15)16)7-5-8(9(13)14)11(12,2)3/h8H,4-7H2,1-3H3,(H,13,14)(H,15,16). The van der Waals surface area contributed by atoms with Crippen LogP contribution < -0.4 is 0 Å². The third-order valence-electron chi connectivity index (χ3n) is 4.35. The highest BCUT2D eigenvalue weighted by atomic mass is 16.4. The third kappa shape index (κ3) is 1.60. The van der Waals surface area contributed by atoms with Gasteiger partial charge in [-0.3, -0.25) is 9.59 Å². The van der Waals surface area contributed by atoms with E-state index in [2.05, 4.69) is 0 Å². The molecule has 0 aromatic heterocycles. The van der Waals surface area contributed by atoms with E-state index in [1.807, 2.05) is 6.92 Å². The van der Waals surface area contributed by atoms with E-state index in [-0.39, 0.29) is 0 Å². The molecule has 1 saturated carbocycles. The fourth-order valence-corrected chi connectivity index (χ4v) is 3.20. The van der Waals surface area contributed by atoms with E-state index in [1.54, 1.807) is 13.8 Å². The molecule has 0 radical (unpaired) electrons. The van der Waals surface area contributed by atoms with E-state index < -0.39 is 28.7 Å². The van der Waals surface area contributed by atoms with Gasteiger partial charge in [0.25, 0.3) is 0 Å². The second kappa shape index (κ2) is 4.07. The lowest BCUT2D eigenvalue weighted by molar-refractivity contribution is -0.160. The van der Waals surface area contributed by atoms with Crippen LogP contribution in [0.1, 0.15) is 46.5 Å². The van der Waals surface area contributed by atoms with Gasteiger partial charge in [-0.05, 0) is 24.7 Å². The van der Waals surface area contributed by atoms with Gasteiger partial charge in [-0.15, -0.1) is 0 Å². The van der Waals surface area contributed by atoms with E-state index in [4.69, 9.17) is 5.11 Å². The molecule has 1 aliphatic carbocycles. The van der Waals surface area contributed by atoms with Crippen molar-refractivity contribution < 1.29 is 19.8 Å². The summed E-state index contributed by atoms with van der Waals surface area (Å²) < 4.78 is 0. The SMILES string of the molecule is CCCC1(C(=O)O)CCC(C(=O)O)C1(C)C. The largest absolute Gasteiger partial charge is 0.481 e. The van der Waals surface area contributed by atoms with Gasteiger partial charge >= 0.3 is 11.9 Å². The number of hydrogen-bond acceptors (Lipinski definition) is 2. The molecule has 0 aromatic rings. The lowest BCUT2D eigenvalue weighted by atomic mass is 9.62. The Labute approximate surface area is 95.7 Å². The Morgan fingerprint density at radius 2 is 1.88 bits per heavy atom. The molecule has 0 heterocycles. The molecule has 16 heavy (non-hydrogen) atoms. The van der Waals surface area contributed by atoms with Gasteiger partial charge in [-0.2, -0.15) is 0 Å². The van der Waals surface area contributed by atoms with Gasteiger partial charge in [-0.1, -0.05) is 27.2 Å². The molecule has 0 spiro atoms. The molecule has 2 N–H and O–H groups in total. The summed E-state index contributed by atoms with van der Waals surface area (Å²) in [5.41, 5.74) is -1.55. The third-order valence-corrected chi connectivity index (χ3v) is 4.35. The topological polar surface area (TPSA) is 74.6 Å². The molecule has 1 rings (SSSR count). The van der Waals surface area contributed by atoms with Gasteiger partial charge in [0, 0.05) is 0 Å². The van der Waals surface area contributed by atoms with Crippen molar-refractivity contribution in [1.82, 2.24) is 0 Å².